The van der Waals surface area contributed by atoms with Crippen LogP contribution in [0.3, 0.4) is 0 Å². The van der Waals surface area contributed by atoms with Crippen molar-refractivity contribution in [3.05, 3.63) is 58.6 Å². The highest BCUT2D eigenvalue weighted by molar-refractivity contribution is 6.34. The maximum atomic E-state index is 6.50. The molecule has 1 aromatic carbocycles. The van der Waals surface area contributed by atoms with Crippen molar-refractivity contribution < 1.29 is 18.9 Å². The van der Waals surface area contributed by atoms with Gasteiger partial charge < -0.3 is 23.8 Å². The topological polar surface area (TPSA) is 65.4 Å². The lowest BCUT2D eigenvalue weighted by molar-refractivity contribution is -0.108. The number of fused-ring (bicyclic) bond motifs is 3. The molecule has 0 spiro atoms. The average Bonchev–Trinajstić information content (AvgIpc) is 2.83. The van der Waals surface area contributed by atoms with Gasteiger partial charge in [-0.15, -0.1) is 0 Å². The molecule has 8 heteroatoms. The summed E-state index contributed by atoms with van der Waals surface area (Å²) in [7, 11) is 1.57. The smallest absolute Gasteiger partial charge is 0.232 e. The Morgan fingerprint density at radius 2 is 2.19 bits per heavy atom. The first-order valence-electron chi connectivity index (χ1n) is 10.4. The lowest BCUT2D eigenvalue weighted by atomic mass is 9.89. The lowest BCUT2D eigenvalue weighted by Crippen LogP contribution is -2.36. The summed E-state index contributed by atoms with van der Waals surface area (Å²) in [6.45, 7) is 3.13. The minimum Gasteiger partial charge on any atom is -0.480 e. The molecule has 0 amide bonds. The zero-order valence-corrected chi connectivity index (χ0v) is 18.0. The predicted octanol–water partition coefficient (Wildman–Crippen LogP) is 3.63. The minimum atomic E-state index is -0.0498. The molecule has 162 valence electrons. The van der Waals surface area contributed by atoms with Crippen LogP contribution in [0.2, 0.25) is 5.02 Å². The second kappa shape index (κ2) is 8.86. The second-order valence-corrected chi connectivity index (χ2v) is 8.03. The number of rotatable bonds is 5. The molecule has 2 aromatic rings. The van der Waals surface area contributed by atoms with E-state index < -0.39 is 0 Å². The highest BCUT2D eigenvalue weighted by Gasteiger charge is 2.28. The molecule has 0 N–H and O–H groups in total. The van der Waals surface area contributed by atoms with Gasteiger partial charge in [-0.3, -0.25) is 0 Å². The minimum absolute atomic E-state index is 0.0498. The fraction of sp³-hybridized carbons (Fsp3) is 0.391. The summed E-state index contributed by atoms with van der Waals surface area (Å²) >= 11 is 6.50. The highest BCUT2D eigenvalue weighted by Crippen LogP contribution is 2.38. The number of aromatic nitrogens is 1. The van der Waals surface area contributed by atoms with Gasteiger partial charge in [-0.2, -0.15) is 0 Å². The molecule has 0 radical (unpaired) electrons. The van der Waals surface area contributed by atoms with E-state index in [0.29, 0.717) is 43.2 Å². The van der Waals surface area contributed by atoms with Crippen molar-refractivity contribution in [2.24, 2.45) is 4.99 Å². The van der Waals surface area contributed by atoms with Gasteiger partial charge in [-0.05, 0) is 29.2 Å². The van der Waals surface area contributed by atoms with Gasteiger partial charge in [-0.1, -0.05) is 29.8 Å². The second-order valence-electron chi connectivity index (χ2n) is 7.66. The van der Waals surface area contributed by atoms with Gasteiger partial charge in [0.25, 0.3) is 0 Å². The summed E-state index contributed by atoms with van der Waals surface area (Å²) in [6.07, 6.45) is 6.55. The number of methoxy groups -OCH3 is 1. The molecule has 4 heterocycles. The summed E-state index contributed by atoms with van der Waals surface area (Å²) in [5, 5.41) is 0.525. The monoisotopic (exact) mass is 441 g/mol. The van der Waals surface area contributed by atoms with Crippen LogP contribution in [0.1, 0.15) is 17.2 Å². The van der Waals surface area contributed by atoms with E-state index >= 15 is 0 Å². The van der Waals surface area contributed by atoms with Crippen LogP contribution in [0.15, 0.2) is 47.4 Å². The van der Waals surface area contributed by atoms with E-state index in [9.17, 15) is 0 Å². The third kappa shape index (κ3) is 4.13. The van der Waals surface area contributed by atoms with Crippen molar-refractivity contribution in [3.8, 4) is 17.0 Å². The van der Waals surface area contributed by atoms with E-state index in [4.69, 9.17) is 30.5 Å². The molecule has 1 aromatic heterocycles. The Bertz CT molecular complexity index is 1020. The lowest BCUT2D eigenvalue weighted by Gasteiger charge is -2.36. The molecule has 1 saturated heterocycles. The Hall–Kier alpha value is -2.61. The van der Waals surface area contributed by atoms with Crippen LogP contribution in [0.5, 0.6) is 5.88 Å². The maximum Gasteiger partial charge on any atom is 0.232 e. The van der Waals surface area contributed by atoms with Gasteiger partial charge in [0.1, 0.15) is 17.7 Å². The third-order valence-electron chi connectivity index (χ3n) is 5.76. The molecule has 2 unspecified atom stereocenters. The largest absolute Gasteiger partial charge is 0.480 e. The Labute approximate surface area is 186 Å². The van der Waals surface area contributed by atoms with Gasteiger partial charge in [0.05, 0.1) is 39.3 Å². The SMILES string of the molecule is COc1nccc(-c2ccc3c(c2)CCN2C=NC(OCC4COCCO4)=CC32)c1Cl. The summed E-state index contributed by atoms with van der Waals surface area (Å²) in [4.78, 5) is 10.9. The Balaban J connectivity index is 1.37. The van der Waals surface area contributed by atoms with E-state index in [2.05, 4.69) is 39.2 Å². The van der Waals surface area contributed by atoms with Crippen LogP contribution in [-0.4, -0.2) is 62.4 Å². The average molecular weight is 442 g/mol. The molecule has 0 aliphatic carbocycles. The van der Waals surface area contributed by atoms with Crippen molar-refractivity contribution in [2.45, 2.75) is 18.6 Å². The zero-order chi connectivity index (χ0) is 21.2. The molecule has 3 aliphatic heterocycles. The van der Waals surface area contributed by atoms with Crippen LogP contribution in [0, 0.1) is 0 Å². The highest BCUT2D eigenvalue weighted by atomic mass is 35.5. The number of halogens is 1. The number of ether oxygens (including phenoxy) is 4. The number of nitrogens with zero attached hydrogens (tertiary/aromatic N) is 3. The number of pyridine rings is 1. The fourth-order valence-electron chi connectivity index (χ4n) is 4.16. The van der Waals surface area contributed by atoms with E-state index in [1.54, 1.807) is 13.3 Å². The first-order chi connectivity index (χ1) is 15.2. The van der Waals surface area contributed by atoms with Crippen molar-refractivity contribution in [2.75, 3.05) is 40.1 Å². The molecule has 7 nitrogen and oxygen atoms in total. The maximum absolute atomic E-state index is 6.50. The summed E-state index contributed by atoms with van der Waals surface area (Å²) in [5.41, 5.74) is 4.51. The van der Waals surface area contributed by atoms with Crippen LogP contribution >= 0.6 is 11.6 Å². The van der Waals surface area contributed by atoms with Crippen molar-refractivity contribution >= 4 is 17.9 Å². The normalized spacial score (nSPS) is 22.4. The first-order valence-corrected chi connectivity index (χ1v) is 10.8. The standard InChI is InChI=1S/C23H24ClN3O4/c1-28-23-22(24)19(4-6-25-23)15-2-3-18-16(10-15)5-7-27-14-26-21(11-20(18)27)31-13-17-12-29-8-9-30-17/h2-4,6,10-11,14,17,20H,5,7-9,12-13H2,1H3. The molecule has 0 saturated carbocycles. The Morgan fingerprint density at radius 1 is 1.26 bits per heavy atom. The van der Waals surface area contributed by atoms with Crippen molar-refractivity contribution in [1.29, 1.82) is 0 Å². The quantitative estimate of drug-likeness (QED) is 0.706. The van der Waals surface area contributed by atoms with Crippen LogP contribution < -0.4 is 4.74 Å². The van der Waals surface area contributed by atoms with Gasteiger partial charge in [-0.25, -0.2) is 9.98 Å². The fourth-order valence-corrected chi connectivity index (χ4v) is 4.45. The molecular formula is C23H24ClN3O4. The van der Waals surface area contributed by atoms with E-state index in [1.807, 2.05) is 12.4 Å². The number of benzene rings is 1. The Morgan fingerprint density at radius 3 is 3.03 bits per heavy atom. The summed E-state index contributed by atoms with van der Waals surface area (Å²) in [5.74, 6) is 1.05. The van der Waals surface area contributed by atoms with Gasteiger partial charge >= 0.3 is 0 Å². The molecule has 31 heavy (non-hydrogen) atoms. The van der Waals surface area contributed by atoms with Crippen LogP contribution in [-0.2, 0) is 20.6 Å². The summed E-state index contributed by atoms with van der Waals surface area (Å²) in [6, 6.07) is 8.47. The number of aliphatic imine (C=N–C) groups is 1. The van der Waals surface area contributed by atoms with Gasteiger partial charge in [0.2, 0.25) is 11.8 Å². The molecular weight excluding hydrogens is 418 g/mol. The summed E-state index contributed by atoms with van der Waals surface area (Å²) < 4.78 is 22.3. The van der Waals surface area contributed by atoms with E-state index in [1.165, 1.54) is 11.1 Å². The van der Waals surface area contributed by atoms with Gasteiger partial charge in [0, 0.05) is 24.4 Å². The van der Waals surface area contributed by atoms with E-state index in [-0.39, 0.29) is 12.1 Å². The molecule has 2 atom stereocenters. The zero-order valence-electron chi connectivity index (χ0n) is 17.3. The van der Waals surface area contributed by atoms with Crippen molar-refractivity contribution in [1.82, 2.24) is 9.88 Å². The Kier molecular flexibility index (Phi) is 5.80. The predicted molar refractivity (Wildman–Crippen MR) is 117 cm³/mol. The molecule has 3 aliphatic rings. The molecule has 1 fully saturated rings. The van der Waals surface area contributed by atoms with Crippen LogP contribution in [0.25, 0.3) is 11.1 Å². The number of hydrogen-bond acceptors (Lipinski definition) is 7. The first kappa shape index (κ1) is 20.3. The molecule has 0 bridgehead atoms. The number of hydrogen-bond donors (Lipinski definition) is 0. The van der Waals surface area contributed by atoms with Gasteiger partial charge in [0.15, 0.2) is 0 Å². The van der Waals surface area contributed by atoms with Crippen LogP contribution in [0.4, 0.5) is 0 Å². The van der Waals surface area contributed by atoms with E-state index in [0.717, 1.165) is 24.1 Å². The van der Waals surface area contributed by atoms with Crippen molar-refractivity contribution in [3.63, 3.8) is 0 Å². The third-order valence-corrected chi connectivity index (χ3v) is 6.12. The molecule has 5 rings (SSSR count).